The molecule has 8 aromatic carbocycles. The average molecular weight is 691 g/mol. The third-order valence-electron chi connectivity index (χ3n) is 11.0. The second-order valence-corrected chi connectivity index (χ2v) is 13.9. The third-order valence-corrected chi connectivity index (χ3v) is 11.0. The van der Waals surface area contributed by atoms with E-state index in [1.54, 1.807) is 0 Å². The predicted octanol–water partition coefficient (Wildman–Crippen LogP) is 12.8. The van der Waals surface area contributed by atoms with E-state index < -0.39 is 0 Å². The summed E-state index contributed by atoms with van der Waals surface area (Å²) in [7, 11) is 0. The predicted molar refractivity (Wildman–Crippen MR) is 222 cm³/mol. The Bertz CT molecular complexity index is 3420. The van der Waals surface area contributed by atoms with Crippen LogP contribution in [0.1, 0.15) is 0 Å². The van der Waals surface area contributed by atoms with E-state index in [1.165, 1.54) is 27.1 Å². The Kier molecular flexibility index (Phi) is 5.99. The van der Waals surface area contributed by atoms with Crippen LogP contribution in [0.2, 0.25) is 0 Å². The Morgan fingerprint density at radius 2 is 0.889 bits per heavy atom. The number of benzene rings is 8. The second-order valence-electron chi connectivity index (χ2n) is 13.9. The van der Waals surface area contributed by atoms with Crippen molar-refractivity contribution in [1.29, 1.82) is 0 Å². The van der Waals surface area contributed by atoms with Crippen LogP contribution in [0, 0.1) is 0 Å². The van der Waals surface area contributed by atoms with Gasteiger partial charge in [-0.15, -0.1) is 0 Å². The van der Waals surface area contributed by atoms with Crippen LogP contribution >= 0.6 is 0 Å². The zero-order valence-corrected chi connectivity index (χ0v) is 29.0. The van der Waals surface area contributed by atoms with Crippen LogP contribution in [0.3, 0.4) is 0 Å². The number of imidazole rings is 1. The van der Waals surface area contributed by atoms with Crippen molar-refractivity contribution in [2.24, 2.45) is 0 Å². The maximum absolute atomic E-state index is 6.93. The first-order valence-corrected chi connectivity index (χ1v) is 18.3. The molecule has 252 valence electrons. The van der Waals surface area contributed by atoms with Crippen molar-refractivity contribution in [2.75, 3.05) is 0 Å². The minimum Gasteiger partial charge on any atom is -0.454 e. The molecule has 54 heavy (non-hydrogen) atoms. The molecule has 12 aromatic rings. The molecule has 0 N–H and O–H groups in total. The Balaban J connectivity index is 1.22. The highest BCUT2D eigenvalue weighted by molar-refractivity contribution is 6.39. The number of furan rings is 1. The molecule has 0 aliphatic rings. The summed E-state index contributed by atoms with van der Waals surface area (Å²) in [6, 6.07) is 64.4. The summed E-state index contributed by atoms with van der Waals surface area (Å²) in [5, 5.41) is 6.99. The molecule has 4 heterocycles. The van der Waals surface area contributed by atoms with E-state index in [9.17, 15) is 0 Å². The first kappa shape index (κ1) is 29.2. The smallest absolute Gasteiger partial charge is 0.160 e. The molecular weight excluding hydrogens is 661 g/mol. The van der Waals surface area contributed by atoms with Gasteiger partial charge in [-0.3, -0.25) is 4.57 Å². The molecule has 12 rings (SSSR count). The van der Waals surface area contributed by atoms with Gasteiger partial charge >= 0.3 is 0 Å². The van der Waals surface area contributed by atoms with Crippen molar-refractivity contribution in [1.82, 2.24) is 18.7 Å². The number of aromatic nitrogens is 4. The SMILES string of the molecule is c1ccc(-c2nc3ccccc3n2-c2ccc(-n3c4ccccc4c4c5c6ccccc6oc5c5c(c6ccccc6n5-c5ccccc5)c43)cc2)cc1. The van der Waals surface area contributed by atoms with Gasteiger partial charge in [0.1, 0.15) is 11.4 Å². The topological polar surface area (TPSA) is 40.8 Å². The van der Waals surface area contributed by atoms with Gasteiger partial charge in [0.25, 0.3) is 0 Å². The summed E-state index contributed by atoms with van der Waals surface area (Å²) >= 11 is 0. The fourth-order valence-electron chi connectivity index (χ4n) is 8.82. The Labute approximate surface area is 309 Å². The number of rotatable bonds is 4. The van der Waals surface area contributed by atoms with Gasteiger partial charge < -0.3 is 13.6 Å². The van der Waals surface area contributed by atoms with Crippen LogP contribution in [0.5, 0.6) is 0 Å². The highest BCUT2D eigenvalue weighted by Crippen LogP contribution is 2.49. The molecule has 0 aliphatic carbocycles. The number of fused-ring (bicyclic) bond motifs is 13. The minimum absolute atomic E-state index is 0.883. The molecule has 0 atom stereocenters. The molecule has 0 fully saturated rings. The van der Waals surface area contributed by atoms with E-state index in [4.69, 9.17) is 9.40 Å². The quantitative estimate of drug-likeness (QED) is 0.184. The number of hydrogen-bond acceptors (Lipinski definition) is 2. The van der Waals surface area contributed by atoms with Crippen LogP contribution in [-0.4, -0.2) is 18.7 Å². The van der Waals surface area contributed by atoms with E-state index in [2.05, 4.69) is 190 Å². The molecule has 4 aromatic heterocycles. The number of hydrogen-bond donors (Lipinski definition) is 0. The Hall–Kier alpha value is -7.37. The van der Waals surface area contributed by atoms with E-state index in [0.717, 1.165) is 78.0 Å². The summed E-state index contributed by atoms with van der Waals surface area (Å²) < 4.78 is 14.0. The van der Waals surface area contributed by atoms with Crippen LogP contribution < -0.4 is 0 Å². The highest BCUT2D eigenvalue weighted by Gasteiger charge is 2.27. The number of nitrogens with zero attached hydrogens (tertiary/aromatic N) is 4. The fourth-order valence-corrected chi connectivity index (χ4v) is 8.82. The lowest BCUT2D eigenvalue weighted by Gasteiger charge is -2.13. The van der Waals surface area contributed by atoms with Crippen molar-refractivity contribution in [3.63, 3.8) is 0 Å². The minimum atomic E-state index is 0.883. The van der Waals surface area contributed by atoms with Gasteiger partial charge in [0.05, 0.1) is 33.1 Å². The van der Waals surface area contributed by atoms with E-state index >= 15 is 0 Å². The maximum Gasteiger partial charge on any atom is 0.160 e. The van der Waals surface area contributed by atoms with Gasteiger partial charge in [-0.2, -0.15) is 0 Å². The molecule has 0 unspecified atom stereocenters. The van der Waals surface area contributed by atoms with E-state index in [0.29, 0.717) is 0 Å². The number of para-hydroxylation sites is 6. The standard InChI is InChI=1S/C49H30N4O/c1-3-15-31(16-4-1)49-50-38-22-10-13-25-41(38)53(49)34-29-27-33(28-30-34)51-39-23-11-7-19-35(39)43-44-37-21-9-14-26-42(37)54-48(44)47-45(46(43)51)36-20-8-12-24-40(36)52(47)32-17-5-2-6-18-32/h1-30H. The van der Waals surface area contributed by atoms with Crippen LogP contribution in [0.25, 0.3) is 105 Å². The molecule has 5 nitrogen and oxygen atoms in total. The van der Waals surface area contributed by atoms with Gasteiger partial charge in [0.2, 0.25) is 0 Å². The Morgan fingerprint density at radius 3 is 1.61 bits per heavy atom. The van der Waals surface area contributed by atoms with Gasteiger partial charge in [0.15, 0.2) is 5.58 Å². The van der Waals surface area contributed by atoms with Crippen LogP contribution in [0.4, 0.5) is 0 Å². The second kappa shape index (κ2) is 11.1. The van der Waals surface area contributed by atoms with Crippen molar-refractivity contribution >= 4 is 76.6 Å². The first-order chi connectivity index (χ1) is 26.8. The normalized spacial score (nSPS) is 12.1. The van der Waals surface area contributed by atoms with Crippen molar-refractivity contribution in [2.45, 2.75) is 0 Å². The summed E-state index contributed by atoms with van der Waals surface area (Å²) in [5.74, 6) is 0.922. The molecule has 0 bridgehead atoms. The summed E-state index contributed by atoms with van der Waals surface area (Å²) in [6.45, 7) is 0. The maximum atomic E-state index is 6.93. The van der Waals surface area contributed by atoms with E-state index in [-0.39, 0.29) is 0 Å². The first-order valence-electron chi connectivity index (χ1n) is 18.3. The zero-order chi connectivity index (χ0) is 35.3. The summed E-state index contributed by atoms with van der Waals surface area (Å²) in [6.07, 6.45) is 0. The molecular formula is C49H30N4O. The highest BCUT2D eigenvalue weighted by atomic mass is 16.3. The molecule has 0 saturated carbocycles. The lowest BCUT2D eigenvalue weighted by atomic mass is 10.0. The lowest BCUT2D eigenvalue weighted by molar-refractivity contribution is 0.671. The van der Waals surface area contributed by atoms with Crippen molar-refractivity contribution in [3.05, 3.63) is 182 Å². The van der Waals surface area contributed by atoms with Crippen molar-refractivity contribution < 1.29 is 4.42 Å². The molecule has 0 radical (unpaired) electrons. The van der Waals surface area contributed by atoms with Gasteiger partial charge in [-0.25, -0.2) is 4.98 Å². The molecule has 0 spiro atoms. The monoisotopic (exact) mass is 690 g/mol. The largest absolute Gasteiger partial charge is 0.454 e. The lowest BCUT2D eigenvalue weighted by Crippen LogP contribution is -1.99. The van der Waals surface area contributed by atoms with Crippen LogP contribution in [0.15, 0.2) is 186 Å². The molecule has 5 heteroatoms. The summed E-state index contributed by atoms with van der Waals surface area (Å²) in [5.41, 5.74) is 12.7. The fraction of sp³-hybridized carbons (Fsp3) is 0. The van der Waals surface area contributed by atoms with Crippen LogP contribution in [-0.2, 0) is 0 Å². The van der Waals surface area contributed by atoms with Gasteiger partial charge in [0, 0.05) is 54.9 Å². The van der Waals surface area contributed by atoms with Gasteiger partial charge in [-0.1, -0.05) is 115 Å². The van der Waals surface area contributed by atoms with Crippen molar-refractivity contribution in [3.8, 4) is 28.5 Å². The third kappa shape index (κ3) is 3.95. The molecule has 0 amide bonds. The van der Waals surface area contributed by atoms with E-state index in [1.807, 2.05) is 6.07 Å². The average Bonchev–Trinajstić information content (AvgIpc) is 3.99. The Morgan fingerprint density at radius 1 is 0.370 bits per heavy atom. The zero-order valence-electron chi connectivity index (χ0n) is 29.0. The molecule has 0 saturated heterocycles. The summed E-state index contributed by atoms with van der Waals surface area (Å²) in [4.78, 5) is 5.10. The van der Waals surface area contributed by atoms with Gasteiger partial charge in [-0.05, 0) is 66.7 Å². The molecule has 0 aliphatic heterocycles.